The number of carboxylic acids is 1. The lowest BCUT2D eigenvalue weighted by atomic mass is 10.1. The van der Waals surface area contributed by atoms with E-state index in [-0.39, 0.29) is 6.03 Å². The van der Waals surface area contributed by atoms with Gasteiger partial charge < -0.3 is 15.3 Å². The average molecular weight is 264 g/mol. The Balaban J connectivity index is 2.61. The summed E-state index contributed by atoms with van der Waals surface area (Å²) >= 11 is 0. The number of urea groups is 1. The Kier molecular flexibility index (Phi) is 5.36. The van der Waals surface area contributed by atoms with Crippen molar-refractivity contribution in [2.75, 3.05) is 7.05 Å². The van der Waals surface area contributed by atoms with Gasteiger partial charge in [-0.15, -0.1) is 0 Å². The maximum absolute atomic E-state index is 11.8. The Morgan fingerprint density at radius 2 is 1.89 bits per heavy atom. The summed E-state index contributed by atoms with van der Waals surface area (Å²) in [4.78, 5) is 23.8. The molecule has 5 heteroatoms. The number of likely N-dealkylation sites (N-methyl/N-ethyl adjacent to an activating group) is 1. The molecule has 0 aliphatic rings. The van der Waals surface area contributed by atoms with Gasteiger partial charge in [-0.05, 0) is 24.5 Å². The molecule has 1 aromatic rings. The molecular formula is C14H20N2O3. The van der Waals surface area contributed by atoms with Crippen molar-refractivity contribution in [2.45, 2.75) is 32.9 Å². The van der Waals surface area contributed by atoms with Crippen LogP contribution >= 0.6 is 0 Å². The Hall–Kier alpha value is -2.04. The van der Waals surface area contributed by atoms with Crippen molar-refractivity contribution in [2.24, 2.45) is 0 Å². The van der Waals surface area contributed by atoms with Crippen molar-refractivity contribution < 1.29 is 14.7 Å². The normalized spacial score (nSPS) is 11.7. The molecule has 1 aromatic carbocycles. The van der Waals surface area contributed by atoms with Crippen molar-refractivity contribution in [3.8, 4) is 0 Å². The maximum atomic E-state index is 11.8. The molecule has 5 nitrogen and oxygen atoms in total. The highest BCUT2D eigenvalue weighted by Crippen LogP contribution is 2.09. The zero-order valence-corrected chi connectivity index (χ0v) is 11.5. The number of hydrogen-bond donors (Lipinski definition) is 2. The first-order valence-electron chi connectivity index (χ1n) is 6.27. The van der Waals surface area contributed by atoms with Crippen molar-refractivity contribution >= 4 is 12.0 Å². The lowest BCUT2D eigenvalue weighted by Crippen LogP contribution is -2.45. The Bertz CT molecular complexity index is 460. The second kappa shape index (κ2) is 6.78. The van der Waals surface area contributed by atoms with E-state index < -0.39 is 12.0 Å². The van der Waals surface area contributed by atoms with Crippen LogP contribution < -0.4 is 5.32 Å². The van der Waals surface area contributed by atoms with E-state index >= 15 is 0 Å². The maximum Gasteiger partial charge on any atom is 0.326 e. The highest BCUT2D eigenvalue weighted by molar-refractivity contribution is 5.82. The van der Waals surface area contributed by atoms with Gasteiger partial charge >= 0.3 is 12.0 Å². The molecule has 0 aromatic heterocycles. The molecule has 2 N–H and O–H groups in total. The smallest absolute Gasteiger partial charge is 0.326 e. The Morgan fingerprint density at radius 3 is 2.42 bits per heavy atom. The van der Waals surface area contributed by atoms with E-state index in [1.807, 2.05) is 24.3 Å². The standard InChI is InChI=1S/C14H20N2O3/c1-4-11-7-5-6-8-12(11)9-15-14(19)16(3)10(2)13(17)18/h5-8,10H,4,9H2,1-3H3,(H,15,19)(H,17,18). The fraction of sp³-hybridized carbons (Fsp3) is 0.429. The summed E-state index contributed by atoms with van der Waals surface area (Å²) in [6.45, 7) is 3.93. The van der Waals surface area contributed by atoms with Crippen molar-refractivity contribution in [1.29, 1.82) is 0 Å². The van der Waals surface area contributed by atoms with E-state index in [1.165, 1.54) is 24.4 Å². The molecule has 2 amide bonds. The highest BCUT2D eigenvalue weighted by Gasteiger charge is 2.21. The summed E-state index contributed by atoms with van der Waals surface area (Å²) in [5.41, 5.74) is 2.23. The third-order valence-corrected chi connectivity index (χ3v) is 3.19. The number of nitrogens with zero attached hydrogens (tertiary/aromatic N) is 1. The van der Waals surface area contributed by atoms with Gasteiger partial charge in [-0.1, -0.05) is 31.2 Å². The molecule has 0 radical (unpaired) electrons. The molecule has 0 heterocycles. The summed E-state index contributed by atoms with van der Waals surface area (Å²) < 4.78 is 0. The lowest BCUT2D eigenvalue weighted by molar-refractivity contribution is -0.141. The summed E-state index contributed by atoms with van der Waals surface area (Å²) in [5.74, 6) is -1.02. The van der Waals surface area contributed by atoms with Crippen molar-refractivity contribution in [1.82, 2.24) is 10.2 Å². The molecule has 0 fully saturated rings. The van der Waals surface area contributed by atoms with E-state index in [0.717, 1.165) is 12.0 Å². The third kappa shape index (κ3) is 3.98. The van der Waals surface area contributed by atoms with Gasteiger partial charge in [-0.2, -0.15) is 0 Å². The predicted octanol–water partition coefficient (Wildman–Crippen LogP) is 1.86. The molecule has 0 bridgehead atoms. The summed E-state index contributed by atoms with van der Waals surface area (Å²) in [6.07, 6.45) is 0.896. The second-order valence-electron chi connectivity index (χ2n) is 4.41. The first kappa shape index (κ1) is 15.0. The number of carboxylic acid groups (broad SMARTS) is 1. The fourth-order valence-corrected chi connectivity index (χ4v) is 1.71. The first-order chi connectivity index (χ1) is 8.97. The molecular weight excluding hydrogens is 244 g/mol. The van der Waals surface area contributed by atoms with Crippen molar-refractivity contribution in [3.63, 3.8) is 0 Å². The van der Waals surface area contributed by atoms with E-state index in [9.17, 15) is 9.59 Å². The number of nitrogens with one attached hydrogen (secondary N) is 1. The van der Waals surface area contributed by atoms with Crippen LogP contribution in [0.15, 0.2) is 24.3 Å². The number of amides is 2. The lowest BCUT2D eigenvalue weighted by Gasteiger charge is -2.22. The van der Waals surface area contributed by atoms with Crippen LogP contribution in [0.25, 0.3) is 0 Å². The third-order valence-electron chi connectivity index (χ3n) is 3.19. The molecule has 1 atom stereocenters. The first-order valence-corrected chi connectivity index (χ1v) is 6.27. The van der Waals surface area contributed by atoms with E-state index in [2.05, 4.69) is 12.2 Å². The number of rotatable bonds is 5. The van der Waals surface area contributed by atoms with Crippen LogP contribution in [0.3, 0.4) is 0 Å². The molecule has 1 unspecified atom stereocenters. The van der Waals surface area contributed by atoms with Crippen molar-refractivity contribution in [3.05, 3.63) is 35.4 Å². The van der Waals surface area contributed by atoms with Crippen LogP contribution in [0.1, 0.15) is 25.0 Å². The quantitative estimate of drug-likeness (QED) is 0.853. The van der Waals surface area contributed by atoms with Crippen LogP contribution in [0.2, 0.25) is 0 Å². The van der Waals surface area contributed by atoms with Crippen LogP contribution in [0.5, 0.6) is 0 Å². The predicted molar refractivity (Wildman–Crippen MR) is 72.9 cm³/mol. The Morgan fingerprint density at radius 1 is 1.32 bits per heavy atom. The van der Waals surface area contributed by atoms with Gasteiger partial charge in [0.1, 0.15) is 6.04 Å². The molecule has 19 heavy (non-hydrogen) atoms. The molecule has 0 aliphatic carbocycles. The number of carbonyl (C=O) groups is 2. The van der Waals surface area contributed by atoms with Crippen LogP contribution in [0, 0.1) is 0 Å². The minimum atomic E-state index is -1.02. The van der Waals surface area contributed by atoms with Gasteiger partial charge in [0.2, 0.25) is 0 Å². The van der Waals surface area contributed by atoms with Gasteiger partial charge in [-0.25, -0.2) is 9.59 Å². The SMILES string of the molecule is CCc1ccccc1CNC(=O)N(C)C(C)C(=O)O. The van der Waals surface area contributed by atoms with Crippen LogP contribution in [-0.4, -0.2) is 35.1 Å². The molecule has 0 saturated heterocycles. The zero-order chi connectivity index (χ0) is 14.4. The topological polar surface area (TPSA) is 69.6 Å². The number of hydrogen-bond acceptors (Lipinski definition) is 2. The summed E-state index contributed by atoms with van der Waals surface area (Å²) in [5, 5.41) is 11.6. The average Bonchev–Trinajstić information content (AvgIpc) is 2.43. The van der Waals surface area contributed by atoms with E-state index in [4.69, 9.17) is 5.11 Å². The molecule has 104 valence electrons. The number of benzene rings is 1. The zero-order valence-electron chi connectivity index (χ0n) is 11.5. The minimum Gasteiger partial charge on any atom is -0.480 e. The van der Waals surface area contributed by atoms with Gasteiger partial charge in [0.15, 0.2) is 0 Å². The van der Waals surface area contributed by atoms with Gasteiger partial charge in [-0.3, -0.25) is 0 Å². The van der Waals surface area contributed by atoms with Gasteiger partial charge in [0.05, 0.1) is 0 Å². The summed E-state index contributed by atoms with van der Waals surface area (Å²) in [6, 6.07) is 6.62. The molecule has 0 saturated carbocycles. The summed E-state index contributed by atoms with van der Waals surface area (Å²) in [7, 11) is 1.47. The second-order valence-corrected chi connectivity index (χ2v) is 4.41. The van der Waals surface area contributed by atoms with Crippen LogP contribution in [0.4, 0.5) is 4.79 Å². The monoisotopic (exact) mass is 264 g/mol. The fourth-order valence-electron chi connectivity index (χ4n) is 1.71. The van der Waals surface area contributed by atoms with Crippen LogP contribution in [-0.2, 0) is 17.8 Å². The molecule has 1 rings (SSSR count). The van der Waals surface area contributed by atoms with E-state index in [0.29, 0.717) is 6.54 Å². The number of carbonyl (C=O) groups excluding carboxylic acids is 1. The number of aryl methyl sites for hydroxylation is 1. The van der Waals surface area contributed by atoms with Gasteiger partial charge in [0, 0.05) is 13.6 Å². The Labute approximate surface area is 113 Å². The van der Waals surface area contributed by atoms with E-state index in [1.54, 1.807) is 0 Å². The molecule has 0 aliphatic heterocycles. The van der Waals surface area contributed by atoms with Gasteiger partial charge in [0.25, 0.3) is 0 Å². The minimum absolute atomic E-state index is 0.388. The largest absolute Gasteiger partial charge is 0.480 e. The molecule has 0 spiro atoms. The number of aliphatic carboxylic acids is 1. The highest BCUT2D eigenvalue weighted by atomic mass is 16.4.